The molecule has 0 saturated heterocycles. The molecule has 61 heavy (non-hydrogen) atoms. The molecule has 1 aliphatic rings. The number of rotatable bonds is 13. The maximum atomic E-state index is 14.7. The molecule has 0 fully saturated rings. The number of benzene rings is 4. The lowest BCUT2D eigenvalue weighted by molar-refractivity contribution is -0.494. The summed E-state index contributed by atoms with van der Waals surface area (Å²) >= 11 is 0. The number of fused-ring (bicyclic) bond motifs is 4. The van der Waals surface area contributed by atoms with Crippen molar-refractivity contribution in [3.63, 3.8) is 0 Å². The average molecular weight is 891 g/mol. The first-order chi connectivity index (χ1) is 28.4. The Labute approximate surface area is 340 Å². The van der Waals surface area contributed by atoms with Gasteiger partial charge in [0.25, 0.3) is 5.49 Å². The van der Waals surface area contributed by atoms with Crippen LogP contribution in [0.15, 0.2) is 131 Å². The first-order valence-electron chi connectivity index (χ1n) is 18.6. The van der Waals surface area contributed by atoms with Gasteiger partial charge in [0.05, 0.1) is 31.1 Å². The molecule has 18 heteroatoms. The lowest BCUT2D eigenvalue weighted by atomic mass is 9.92. The smallest absolute Gasteiger partial charge is 0.224 e. The predicted molar refractivity (Wildman–Crippen MR) is 203 cm³/mol. The van der Waals surface area contributed by atoms with Crippen LogP contribution in [0.3, 0.4) is 0 Å². The van der Waals surface area contributed by atoms with E-state index in [0.29, 0.717) is 26.2 Å². The number of hydrogen-bond donors (Lipinski definition) is 0. The second kappa shape index (κ2) is 15.0. The van der Waals surface area contributed by atoms with Crippen LogP contribution in [0.25, 0.3) is 27.2 Å². The van der Waals surface area contributed by atoms with Gasteiger partial charge in [-0.1, -0.05) is 74.2 Å². The molecule has 0 saturated carbocycles. The zero-order valence-electron chi connectivity index (χ0n) is 31.8. The molecule has 6 aromatic rings. The minimum Gasteiger partial charge on any atom is -0.224 e. The Morgan fingerprint density at radius 3 is 1.75 bits per heavy atom. The average Bonchev–Trinajstić information content (AvgIpc) is 3.53. The Balaban J connectivity index is 1.48. The Morgan fingerprint density at radius 2 is 1.21 bits per heavy atom. The molecule has 3 heterocycles. The summed E-state index contributed by atoms with van der Waals surface area (Å²) in [6.45, 7) is 5.10. The van der Waals surface area contributed by atoms with Gasteiger partial charge in [0.15, 0.2) is 0 Å². The highest BCUT2D eigenvalue weighted by Crippen LogP contribution is 2.62. The zero-order valence-corrected chi connectivity index (χ0v) is 32.6. The van der Waals surface area contributed by atoms with E-state index in [2.05, 4.69) is 6.58 Å². The molecule has 0 spiro atoms. The number of halogens is 14. The fourth-order valence-corrected chi connectivity index (χ4v) is 11.5. The molecule has 2 aromatic heterocycles. The molecule has 1 atom stereocenters. The van der Waals surface area contributed by atoms with Crippen LogP contribution in [-0.2, 0) is 6.42 Å². The number of hydrogen-bond acceptors (Lipinski definition) is 1. The van der Waals surface area contributed by atoms with Crippen LogP contribution in [0.1, 0.15) is 43.7 Å². The van der Waals surface area contributed by atoms with Gasteiger partial charge in [-0.25, -0.2) is 3.97 Å². The Bertz CT molecular complexity index is 2610. The van der Waals surface area contributed by atoms with Gasteiger partial charge in [0.2, 0.25) is 0 Å². The van der Waals surface area contributed by atoms with E-state index in [0.717, 1.165) is 10.8 Å². The van der Waals surface area contributed by atoms with Crippen molar-refractivity contribution in [2.24, 2.45) is 10.9 Å². The van der Waals surface area contributed by atoms with Crippen LogP contribution in [0.2, 0.25) is 0 Å². The minimum absolute atomic E-state index is 0.0525. The van der Waals surface area contributed by atoms with Gasteiger partial charge in [-0.3, -0.25) is 0 Å². The molecule has 0 radical (unpaired) electrons. The van der Waals surface area contributed by atoms with E-state index >= 15 is 0 Å². The molecule has 7 rings (SSSR count). The summed E-state index contributed by atoms with van der Waals surface area (Å²) in [6.07, 6.45) is -17.8. The van der Waals surface area contributed by atoms with Crippen LogP contribution >= 0.6 is 10.4 Å². The number of allylic oxidation sites excluding steroid dienone is 1. The van der Waals surface area contributed by atoms with Gasteiger partial charge >= 0.3 is 41.9 Å². The lowest BCUT2D eigenvalue weighted by Crippen LogP contribution is -2.52. The predicted octanol–water partition coefficient (Wildman–Crippen LogP) is 13.6. The van der Waals surface area contributed by atoms with Crippen molar-refractivity contribution in [3.8, 4) is 0 Å². The van der Waals surface area contributed by atoms with Crippen molar-refractivity contribution in [1.82, 2.24) is 3.97 Å². The summed E-state index contributed by atoms with van der Waals surface area (Å²) < 4.78 is 196. The van der Waals surface area contributed by atoms with Crippen molar-refractivity contribution >= 4 is 43.5 Å². The highest BCUT2D eigenvalue weighted by molar-refractivity contribution is 8.27. The van der Waals surface area contributed by atoms with Crippen LogP contribution in [0, 0.1) is 5.92 Å². The molecular weight excluding hydrogens is 857 g/mol. The number of alkyl halides is 14. The molecule has 3 nitrogen and oxygen atoms in total. The van der Waals surface area contributed by atoms with E-state index in [1.54, 1.807) is 40.4 Å². The van der Waals surface area contributed by atoms with Crippen molar-refractivity contribution in [2.75, 3.05) is 0 Å². The summed E-state index contributed by atoms with van der Waals surface area (Å²) in [6, 6.07) is 30.2. The third kappa shape index (κ3) is 7.11. The highest BCUT2D eigenvalue weighted by atomic mass is 32.3. The van der Waals surface area contributed by atoms with Gasteiger partial charge in [-0.15, -0.1) is 0 Å². The van der Waals surface area contributed by atoms with Crippen molar-refractivity contribution in [3.05, 3.63) is 133 Å². The Morgan fingerprint density at radius 1 is 0.689 bits per heavy atom. The largest absolute Gasteiger partial charge is 0.459 e. The maximum absolute atomic E-state index is 14.7. The maximum Gasteiger partial charge on any atom is 0.459 e. The molecule has 324 valence electrons. The number of pyridine rings is 1. The normalized spacial score (nSPS) is 15.9. The summed E-state index contributed by atoms with van der Waals surface area (Å²) in [5.74, 6) is -24.7. The summed E-state index contributed by atoms with van der Waals surface area (Å²) in [5.41, 5.74) is 0.870. The van der Waals surface area contributed by atoms with Gasteiger partial charge in [0.1, 0.15) is 6.20 Å². The SMILES string of the molecule is C=C(CCC(F)(F)C(F)(F)C(F)(F)F)c1cc(CC(C)CCC(F)(F)C(F)(F)C(F)(F)F)c2[n+](c1)S(c1ccccc1)(c1ccccc1)n1c(c3cccc4cccc1c43)=N2. The monoisotopic (exact) mass is 890 g/mol. The quantitative estimate of drug-likeness (QED) is 0.0813. The molecule has 0 aliphatic carbocycles. The van der Waals surface area contributed by atoms with Crippen LogP contribution < -0.4 is 9.46 Å². The van der Waals surface area contributed by atoms with Gasteiger partial charge in [0, 0.05) is 29.4 Å². The van der Waals surface area contributed by atoms with E-state index in [9.17, 15) is 61.5 Å². The summed E-state index contributed by atoms with van der Waals surface area (Å²) in [4.78, 5) is 6.41. The lowest BCUT2D eigenvalue weighted by Gasteiger charge is -2.41. The topological polar surface area (TPSA) is 21.2 Å². The molecule has 0 N–H and O–H groups in total. The first-order valence-corrected chi connectivity index (χ1v) is 20.2. The van der Waals surface area contributed by atoms with Gasteiger partial charge < -0.3 is 0 Å². The molecule has 0 amide bonds. The van der Waals surface area contributed by atoms with Gasteiger partial charge in [-0.05, 0) is 83.6 Å². The minimum atomic E-state index is -6.58. The van der Waals surface area contributed by atoms with E-state index in [1.165, 1.54) is 19.2 Å². The number of nitrogens with zero attached hydrogens (tertiary/aromatic N) is 3. The van der Waals surface area contributed by atoms with Crippen LogP contribution in [0.5, 0.6) is 0 Å². The second-order valence-electron chi connectivity index (χ2n) is 15.0. The van der Waals surface area contributed by atoms with Crippen LogP contribution in [-0.4, -0.2) is 40.0 Å². The molecule has 4 aromatic carbocycles. The van der Waals surface area contributed by atoms with E-state index in [1.807, 2.05) is 64.6 Å². The second-order valence-corrected chi connectivity index (χ2v) is 17.8. The third-order valence-corrected chi connectivity index (χ3v) is 14.4. The molecule has 0 bridgehead atoms. The highest BCUT2D eigenvalue weighted by Gasteiger charge is 2.73. The number of aromatic nitrogens is 2. The Hall–Kier alpha value is -5.13. The van der Waals surface area contributed by atoms with Gasteiger partial charge in [-0.2, -0.15) is 65.4 Å². The zero-order chi connectivity index (χ0) is 44.6. The summed E-state index contributed by atoms with van der Waals surface area (Å²) in [7, 11) is -2.96. The standard InChI is InChI=1S/C43H34F14N3S/c1-26(19-21-38(44,45)40(48,49)42(52,53)54)23-29-24-30(27(2)20-22-39(46,47)41(50,51)43(55,56)57)25-59-36(29)58-37-33-17-9-11-28-12-10-18-34(35(28)33)60(37)61(59,31-13-5-3-6-14-31)32-15-7-4-8-16-32/h3-18,24-26H,2,19-23H2,1H3/q+1. The first kappa shape index (κ1) is 43.9. The molecule has 1 unspecified atom stereocenters. The van der Waals surface area contributed by atoms with Crippen molar-refractivity contribution in [1.29, 1.82) is 0 Å². The molecule has 1 aliphatic heterocycles. The van der Waals surface area contributed by atoms with E-state index in [4.69, 9.17) is 4.99 Å². The van der Waals surface area contributed by atoms with E-state index < -0.39 is 78.0 Å². The fraction of sp³-hybridized carbons (Fsp3) is 0.302. The summed E-state index contributed by atoms with van der Waals surface area (Å²) in [5, 5.41) is 2.30. The van der Waals surface area contributed by atoms with Crippen molar-refractivity contribution in [2.45, 2.75) is 84.9 Å². The third-order valence-electron chi connectivity index (χ3n) is 10.8. The fourth-order valence-electron chi connectivity index (χ4n) is 7.63. The molecular formula is C43H34F14N3S+. The van der Waals surface area contributed by atoms with Crippen LogP contribution in [0.4, 0.5) is 67.3 Å². The Kier molecular flexibility index (Phi) is 10.8. The van der Waals surface area contributed by atoms with Crippen molar-refractivity contribution < 1.29 is 65.4 Å². The van der Waals surface area contributed by atoms with E-state index in [-0.39, 0.29) is 28.9 Å².